The molecule has 3 rings (SSSR count). The van der Waals surface area contributed by atoms with Crippen LogP contribution in [0.2, 0.25) is 0 Å². The van der Waals surface area contributed by atoms with Crippen molar-refractivity contribution in [3.8, 4) is 0 Å². The van der Waals surface area contributed by atoms with Crippen molar-refractivity contribution in [3.05, 3.63) is 63.7 Å². The molecule has 0 amide bonds. The van der Waals surface area contributed by atoms with Crippen molar-refractivity contribution in [2.45, 2.75) is 51.9 Å². The summed E-state index contributed by atoms with van der Waals surface area (Å²) in [5.41, 5.74) is 6.37. The van der Waals surface area contributed by atoms with Gasteiger partial charge in [-0.15, -0.1) is 0 Å². The third-order valence-electron chi connectivity index (χ3n) is 5.95. The Morgan fingerprint density at radius 2 is 1.36 bits per heavy atom. The zero-order valence-electron chi connectivity index (χ0n) is 15.8. The van der Waals surface area contributed by atoms with Crippen molar-refractivity contribution in [1.82, 2.24) is 4.31 Å². The molecule has 1 aliphatic rings. The minimum absolute atomic E-state index is 0.282. The lowest BCUT2D eigenvalue weighted by molar-refractivity contribution is 0.471. The van der Waals surface area contributed by atoms with Crippen LogP contribution in [0.3, 0.4) is 0 Å². The molecule has 1 heterocycles. The summed E-state index contributed by atoms with van der Waals surface area (Å²) < 4.78 is 28.5. The summed E-state index contributed by atoms with van der Waals surface area (Å²) in [4.78, 5) is 0.516. The van der Waals surface area contributed by atoms with Crippen LogP contribution in [-0.2, 0) is 10.0 Å². The van der Waals surface area contributed by atoms with Crippen LogP contribution in [0, 0.1) is 34.6 Å². The lowest BCUT2D eigenvalue weighted by Gasteiger charge is -2.23. The van der Waals surface area contributed by atoms with Crippen molar-refractivity contribution in [2.24, 2.45) is 0 Å². The smallest absolute Gasteiger partial charge is 0.207 e. The van der Waals surface area contributed by atoms with E-state index < -0.39 is 10.0 Å². The molecule has 25 heavy (non-hydrogen) atoms. The highest BCUT2D eigenvalue weighted by molar-refractivity contribution is 7.89. The van der Waals surface area contributed by atoms with E-state index in [-0.39, 0.29) is 5.92 Å². The molecule has 2 aromatic rings. The number of sulfonamides is 1. The average molecular weight is 358 g/mol. The van der Waals surface area contributed by atoms with Gasteiger partial charge in [-0.05, 0) is 80.3 Å². The number of nitrogens with zero attached hydrogens (tertiary/aromatic N) is 1. The highest BCUT2D eigenvalue weighted by atomic mass is 32.2. The predicted molar refractivity (Wildman–Crippen MR) is 103 cm³/mol. The van der Waals surface area contributed by atoms with E-state index in [1.165, 1.54) is 11.1 Å². The minimum atomic E-state index is -3.47. The fraction of sp³-hybridized carbons (Fsp3) is 0.429. The second kappa shape index (κ2) is 6.58. The lowest BCUT2D eigenvalue weighted by Crippen LogP contribution is -2.30. The molecule has 0 spiro atoms. The first-order valence-electron chi connectivity index (χ1n) is 8.87. The molecule has 134 valence electrons. The van der Waals surface area contributed by atoms with Gasteiger partial charge in [0.1, 0.15) is 0 Å². The zero-order chi connectivity index (χ0) is 18.4. The molecule has 4 heteroatoms. The van der Waals surface area contributed by atoms with Crippen LogP contribution in [0.15, 0.2) is 35.2 Å². The van der Waals surface area contributed by atoms with Gasteiger partial charge in [0.2, 0.25) is 10.0 Å². The standard InChI is InChI=1S/C21H27NO2S/c1-14-15(2)17(4)21(18(5)16(14)3)25(23,24)22-12-11-20(13-22)19-9-7-6-8-10-19/h6-10,20H,11-13H2,1-5H3. The van der Waals surface area contributed by atoms with Crippen molar-refractivity contribution < 1.29 is 8.42 Å². The lowest BCUT2D eigenvalue weighted by atomic mass is 9.95. The number of hydrogen-bond donors (Lipinski definition) is 0. The summed E-state index contributed by atoms with van der Waals surface area (Å²) in [5, 5.41) is 0. The molecule has 0 aromatic heterocycles. The van der Waals surface area contributed by atoms with Crippen molar-refractivity contribution in [2.75, 3.05) is 13.1 Å². The molecule has 0 bridgehead atoms. The number of rotatable bonds is 3. The van der Waals surface area contributed by atoms with E-state index in [2.05, 4.69) is 19.1 Å². The van der Waals surface area contributed by atoms with Crippen molar-refractivity contribution in [1.29, 1.82) is 0 Å². The quantitative estimate of drug-likeness (QED) is 0.816. The summed E-state index contributed by atoms with van der Waals surface area (Å²) in [6.07, 6.45) is 0.880. The Morgan fingerprint density at radius 3 is 1.92 bits per heavy atom. The van der Waals surface area contributed by atoms with Crippen LogP contribution >= 0.6 is 0 Å². The largest absolute Gasteiger partial charge is 0.243 e. The zero-order valence-corrected chi connectivity index (χ0v) is 16.6. The van der Waals surface area contributed by atoms with Crippen molar-refractivity contribution in [3.63, 3.8) is 0 Å². The molecule has 2 aromatic carbocycles. The van der Waals surface area contributed by atoms with Gasteiger partial charge in [0, 0.05) is 13.1 Å². The molecule has 0 radical (unpaired) electrons. The van der Waals surface area contributed by atoms with Gasteiger partial charge in [0.15, 0.2) is 0 Å². The third kappa shape index (κ3) is 3.02. The van der Waals surface area contributed by atoms with E-state index in [1.54, 1.807) is 4.31 Å². The Kier molecular flexibility index (Phi) is 4.78. The molecule has 3 nitrogen and oxygen atoms in total. The number of hydrogen-bond acceptors (Lipinski definition) is 2. The van der Waals surface area contributed by atoms with Crippen LogP contribution in [0.4, 0.5) is 0 Å². The van der Waals surface area contributed by atoms with Gasteiger partial charge in [-0.1, -0.05) is 30.3 Å². The maximum Gasteiger partial charge on any atom is 0.243 e. The molecular weight excluding hydrogens is 330 g/mol. The van der Waals surface area contributed by atoms with Crippen LogP contribution in [0.25, 0.3) is 0 Å². The van der Waals surface area contributed by atoms with Crippen LogP contribution in [0.5, 0.6) is 0 Å². The van der Waals surface area contributed by atoms with Gasteiger partial charge >= 0.3 is 0 Å². The molecule has 1 aliphatic heterocycles. The van der Waals surface area contributed by atoms with E-state index in [9.17, 15) is 8.42 Å². The van der Waals surface area contributed by atoms with E-state index in [1.807, 2.05) is 45.9 Å². The van der Waals surface area contributed by atoms with Crippen LogP contribution in [-0.4, -0.2) is 25.8 Å². The molecule has 1 unspecified atom stereocenters. The Bertz CT molecular complexity index is 872. The Balaban J connectivity index is 1.99. The van der Waals surface area contributed by atoms with Gasteiger partial charge < -0.3 is 0 Å². The summed E-state index contributed by atoms with van der Waals surface area (Å²) in [6, 6.07) is 10.2. The van der Waals surface area contributed by atoms with Gasteiger partial charge in [0.25, 0.3) is 0 Å². The van der Waals surface area contributed by atoms with Crippen LogP contribution in [0.1, 0.15) is 45.7 Å². The average Bonchev–Trinajstić information content (AvgIpc) is 3.10. The summed E-state index contributed by atoms with van der Waals surface area (Å²) in [6.45, 7) is 11.1. The maximum atomic E-state index is 13.4. The van der Waals surface area contributed by atoms with Gasteiger partial charge in [-0.3, -0.25) is 0 Å². The number of benzene rings is 2. The molecule has 1 fully saturated rings. The van der Waals surface area contributed by atoms with Gasteiger partial charge in [0.05, 0.1) is 4.90 Å². The summed E-state index contributed by atoms with van der Waals surface area (Å²) in [7, 11) is -3.47. The Labute approximate surface area is 151 Å². The highest BCUT2D eigenvalue weighted by Crippen LogP contribution is 2.35. The van der Waals surface area contributed by atoms with E-state index in [4.69, 9.17) is 0 Å². The molecular formula is C21H27NO2S. The van der Waals surface area contributed by atoms with Crippen molar-refractivity contribution >= 4 is 10.0 Å². The summed E-state index contributed by atoms with van der Waals surface area (Å²) in [5.74, 6) is 0.282. The molecule has 1 atom stereocenters. The normalized spacial score (nSPS) is 18.7. The first-order valence-corrected chi connectivity index (χ1v) is 10.3. The predicted octanol–water partition coefficient (Wildman–Crippen LogP) is 4.41. The second-order valence-corrected chi connectivity index (χ2v) is 9.09. The third-order valence-corrected chi connectivity index (χ3v) is 8.09. The first-order chi connectivity index (χ1) is 11.7. The highest BCUT2D eigenvalue weighted by Gasteiger charge is 2.35. The molecule has 0 saturated carbocycles. The summed E-state index contributed by atoms with van der Waals surface area (Å²) >= 11 is 0. The van der Waals surface area contributed by atoms with E-state index >= 15 is 0 Å². The Hall–Kier alpha value is -1.65. The van der Waals surface area contributed by atoms with E-state index in [0.29, 0.717) is 18.0 Å². The fourth-order valence-electron chi connectivity index (χ4n) is 3.93. The monoisotopic (exact) mass is 357 g/mol. The Morgan fingerprint density at radius 1 is 0.840 bits per heavy atom. The second-order valence-electron chi connectivity index (χ2n) is 7.21. The minimum Gasteiger partial charge on any atom is -0.207 e. The maximum absolute atomic E-state index is 13.4. The van der Waals surface area contributed by atoms with Gasteiger partial charge in [-0.2, -0.15) is 4.31 Å². The molecule has 0 N–H and O–H groups in total. The van der Waals surface area contributed by atoms with Gasteiger partial charge in [-0.25, -0.2) is 8.42 Å². The van der Waals surface area contributed by atoms with E-state index in [0.717, 1.165) is 28.7 Å². The molecule has 0 aliphatic carbocycles. The SMILES string of the molecule is Cc1c(C)c(C)c(S(=O)(=O)N2CCC(c3ccccc3)C2)c(C)c1C. The molecule has 1 saturated heterocycles. The topological polar surface area (TPSA) is 37.4 Å². The fourth-order valence-corrected chi connectivity index (χ4v) is 5.99. The first kappa shape index (κ1) is 18.2. The van der Waals surface area contributed by atoms with Crippen LogP contribution < -0.4 is 0 Å².